The largest absolute Gasteiger partial charge is 0.497 e. The smallest absolute Gasteiger partial charge is 0.119 e. The number of hydrogen-bond acceptors (Lipinski definition) is 2. The van der Waals surface area contributed by atoms with Crippen molar-refractivity contribution in [1.29, 1.82) is 0 Å². The molecule has 21 heavy (non-hydrogen) atoms. The lowest BCUT2D eigenvalue weighted by Crippen LogP contribution is -2.06. The molecule has 2 rings (SSSR count). The zero-order chi connectivity index (χ0) is 15.1. The predicted molar refractivity (Wildman–Crippen MR) is 90.1 cm³/mol. The van der Waals surface area contributed by atoms with Gasteiger partial charge in [0.25, 0.3) is 0 Å². The molecule has 1 unspecified atom stereocenters. The van der Waals surface area contributed by atoms with E-state index in [-0.39, 0.29) is 0 Å². The van der Waals surface area contributed by atoms with Gasteiger partial charge in [-0.3, -0.25) is 0 Å². The van der Waals surface area contributed by atoms with Crippen LogP contribution in [0.5, 0.6) is 5.75 Å². The summed E-state index contributed by atoms with van der Waals surface area (Å²) in [6, 6.07) is 17.3. The molecule has 2 aromatic carbocycles. The van der Waals surface area contributed by atoms with E-state index in [0.29, 0.717) is 6.04 Å². The lowest BCUT2D eigenvalue weighted by atomic mass is 10.0. The van der Waals surface area contributed by atoms with E-state index >= 15 is 0 Å². The van der Waals surface area contributed by atoms with Gasteiger partial charge in [-0.25, -0.2) is 0 Å². The van der Waals surface area contributed by atoms with Crippen molar-refractivity contribution < 1.29 is 4.74 Å². The van der Waals surface area contributed by atoms with Crippen molar-refractivity contribution in [3.8, 4) is 5.75 Å². The third kappa shape index (κ3) is 4.52. The number of hydrogen-bond donors (Lipinski definition) is 1. The standard InChI is InChI=1S/C19H25NO/c1-4-5-6-16-7-9-17(10-8-16)15(2)20-18-11-13-19(21-3)14-12-18/h7-15,20H,4-6H2,1-3H3. The number of rotatable bonds is 7. The molecule has 0 radical (unpaired) electrons. The number of methoxy groups -OCH3 is 1. The van der Waals surface area contributed by atoms with Gasteiger partial charge in [-0.1, -0.05) is 37.6 Å². The summed E-state index contributed by atoms with van der Waals surface area (Å²) in [5.41, 5.74) is 3.85. The molecule has 0 saturated carbocycles. The van der Waals surface area contributed by atoms with Crippen molar-refractivity contribution >= 4 is 5.69 Å². The number of anilines is 1. The van der Waals surface area contributed by atoms with Gasteiger partial charge in [0.15, 0.2) is 0 Å². The van der Waals surface area contributed by atoms with Crippen LogP contribution in [0.1, 0.15) is 43.9 Å². The van der Waals surface area contributed by atoms with E-state index in [2.05, 4.69) is 43.4 Å². The minimum atomic E-state index is 0.290. The highest BCUT2D eigenvalue weighted by Crippen LogP contribution is 2.22. The molecule has 0 aromatic heterocycles. The van der Waals surface area contributed by atoms with Gasteiger partial charge in [0.2, 0.25) is 0 Å². The Morgan fingerprint density at radius 3 is 2.24 bits per heavy atom. The molecule has 1 N–H and O–H groups in total. The summed E-state index contributed by atoms with van der Waals surface area (Å²) < 4.78 is 5.18. The molecular formula is C19H25NO. The summed E-state index contributed by atoms with van der Waals surface area (Å²) in [5.74, 6) is 0.883. The van der Waals surface area contributed by atoms with Crippen LogP contribution in [-0.2, 0) is 6.42 Å². The number of nitrogens with one attached hydrogen (secondary N) is 1. The number of aryl methyl sites for hydroxylation is 1. The Hall–Kier alpha value is -1.96. The maximum atomic E-state index is 5.18. The van der Waals surface area contributed by atoms with E-state index in [1.807, 2.05) is 24.3 Å². The van der Waals surface area contributed by atoms with Crippen LogP contribution >= 0.6 is 0 Å². The van der Waals surface area contributed by atoms with E-state index in [1.165, 1.54) is 30.4 Å². The molecule has 2 heteroatoms. The maximum absolute atomic E-state index is 5.18. The average molecular weight is 283 g/mol. The van der Waals surface area contributed by atoms with Gasteiger partial charge in [0, 0.05) is 11.7 Å². The van der Waals surface area contributed by atoms with Crippen LogP contribution in [0.3, 0.4) is 0 Å². The third-order valence-electron chi connectivity index (χ3n) is 3.77. The van der Waals surface area contributed by atoms with Crippen molar-refractivity contribution in [2.45, 2.75) is 39.2 Å². The Balaban J connectivity index is 1.96. The van der Waals surface area contributed by atoms with Crippen molar-refractivity contribution in [3.05, 3.63) is 59.7 Å². The first-order chi connectivity index (χ1) is 10.2. The van der Waals surface area contributed by atoms with Crippen molar-refractivity contribution in [2.24, 2.45) is 0 Å². The van der Waals surface area contributed by atoms with Crippen LogP contribution < -0.4 is 10.1 Å². The molecule has 0 aliphatic heterocycles. The molecule has 0 bridgehead atoms. The monoisotopic (exact) mass is 283 g/mol. The molecule has 0 amide bonds. The third-order valence-corrected chi connectivity index (χ3v) is 3.77. The van der Waals surface area contributed by atoms with Gasteiger partial charge in [-0.2, -0.15) is 0 Å². The van der Waals surface area contributed by atoms with E-state index in [1.54, 1.807) is 7.11 Å². The number of unbranched alkanes of at least 4 members (excludes halogenated alkanes) is 1. The van der Waals surface area contributed by atoms with Gasteiger partial charge in [-0.15, -0.1) is 0 Å². The summed E-state index contributed by atoms with van der Waals surface area (Å²) >= 11 is 0. The Morgan fingerprint density at radius 1 is 1.00 bits per heavy atom. The SMILES string of the molecule is CCCCc1ccc(C(C)Nc2ccc(OC)cc2)cc1. The summed E-state index contributed by atoms with van der Waals surface area (Å²) in [7, 11) is 1.69. The molecule has 2 nitrogen and oxygen atoms in total. The van der Waals surface area contributed by atoms with Crippen molar-refractivity contribution in [1.82, 2.24) is 0 Å². The maximum Gasteiger partial charge on any atom is 0.119 e. The Labute approximate surface area is 128 Å². The molecular weight excluding hydrogens is 258 g/mol. The quantitative estimate of drug-likeness (QED) is 0.753. The minimum absolute atomic E-state index is 0.290. The molecule has 1 atom stereocenters. The molecule has 0 aliphatic carbocycles. The van der Waals surface area contributed by atoms with Gasteiger partial charge >= 0.3 is 0 Å². The van der Waals surface area contributed by atoms with Crippen molar-refractivity contribution in [3.63, 3.8) is 0 Å². The summed E-state index contributed by atoms with van der Waals surface area (Å²) in [6.07, 6.45) is 3.69. The zero-order valence-electron chi connectivity index (χ0n) is 13.2. The zero-order valence-corrected chi connectivity index (χ0v) is 13.2. The lowest BCUT2D eigenvalue weighted by molar-refractivity contribution is 0.415. The Morgan fingerprint density at radius 2 is 1.67 bits per heavy atom. The molecule has 0 spiro atoms. The second-order valence-electron chi connectivity index (χ2n) is 5.44. The summed E-state index contributed by atoms with van der Waals surface area (Å²) in [4.78, 5) is 0. The topological polar surface area (TPSA) is 21.3 Å². The van der Waals surface area contributed by atoms with Crippen LogP contribution in [-0.4, -0.2) is 7.11 Å². The van der Waals surface area contributed by atoms with Crippen LogP contribution in [0.2, 0.25) is 0 Å². The van der Waals surface area contributed by atoms with Gasteiger partial charge in [0.1, 0.15) is 5.75 Å². The highest BCUT2D eigenvalue weighted by atomic mass is 16.5. The first-order valence-electron chi connectivity index (χ1n) is 7.72. The van der Waals surface area contributed by atoms with Crippen LogP contribution in [0.4, 0.5) is 5.69 Å². The normalized spacial score (nSPS) is 12.0. The molecule has 0 heterocycles. The Kier molecular flexibility index (Phi) is 5.68. The average Bonchev–Trinajstić information content (AvgIpc) is 2.54. The highest BCUT2D eigenvalue weighted by Gasteiger charge is 2.05. The first-order valence-corrected chi connectivity index (χ1v) is 7.72. The lowest BCUT2D eigenvalue weighted by Gasteiger charge is -2.16. The fourth-order valence-corrected chi connectivity index (χ4v) is 2.37. The van der Waals surface area contributed by atoms with E-state index in [9.17, 15) is 0 Å². The Bertz CT molecular complexity index is 530. The first kappa shape index (κ1) is 15.4. The van der Waals surface area contributed by atoms with E-state index in [0.717, 1.165) is 11.4 Å². The van der Waals surface area contributed by atoms with Gasteiger partial charge < -0.3 is 10.1 Å². The predicted octanol–water partition coefficient (Wildman–Crippen LogP) is 5.21. The number of benzene rings is 2. The summed E-state index contributed by atoms with van der Waals surface area (Å²) in [5, 5.41) is 3.52. The van der Waals surface area contributed by atoms with Crippen LogP contribution in [0.25, 0.3) is 0 Å². The second-order valence-corrected chi connectivity index (χ2v) is 5.44. The van der Waals surface area contributed by atoms with Crippen molar-refractivity contribution in [2.75, 3.05) is 12.4 Å². The van der Waals surface area contributed by atoms with E-state index < -0.39 is 0 Å². The number of ether oxygens (including phenoxy) is 1. The molecule has 2 aromatic rings. The van der Waals surface area contributed by atoms with Crippen LogP contribution in [0.15, 0.2) is 48.5 Å². The fourth-order valence-electron chi connectivity index (χ4n) is 2.37. The molecule has 0 saturated heterocycles. The minimum Gasteiger partial charge on any atom is -0.497 e. The summed E-state index contributed by atoms with van der Waals surface area (Å²) in [6.45, 7) is 4.42. The van der Waals surface area contributed by atoms with Gasteiger partial charge in [0.05, 0.1) is 7.11 Å². The van der Waals surface area contributed by atoms with Crippen LogP contribution in [0, 0.1) is 0 Å². The highest BCUT2D eigenvalue weighted by molar-refractivity contribution is 5.48. The molecule has 0 aliphatic rings. The molecule has 0 fully saturated rings. The second kappa shape index (κ2) is 7.72. The molecule has 112 valence electrons. The van der Waals surface area contributed by atoms with E-state index in [4.69, 9.17) is 4.74 Å². The van der Waals surface area contributed by atoms with Gasteiger partial charge in [-0.05, 0) is 55.2 Å². The fraction of sp³-hybridized carbons (Fsp3) is 0.368.